The second kappa shape index (κ2) is 9.94. The second-order valence-corrected chi connectivity index (χ2v) is 5.13. The Morgan fingerprint density at radius 3 is 2.30 bits per heavy atom. The summed E-state index contributed by atoms with van der Waals surface area (Å²) in [5.74, 6) is -1.35. The first-order valence-corrected chi connectivity index (χ1v) is 7.86. The van der Waals surface area contributed by atoms with Gasteiger partial charge in [-0.05, 0) is 25.2 Å². The maximum absolute atomic E-state index is 13.8. The number of nitrogens with zero attached hydrogens (tertiary/aromatic N) is 2. The number of hydrogen-bond donors (Lipinski definition) is 0. The molecule has 5 nitrogen and oxygen atoms in total. The Morgan fingerprint density at radius 2 is 1.74 bits per heavy atom. The molecule has 0 aliphatic carbocycles. The zero-order valence-corrected chi connectivity index (χ0v) is 14.0. The smallest absolute Gasteiger partial charge is 0.307 e. The van der Waals surface area contributed by atoms with Crippen molar-refractivity contribution in [2.75, 3.05) is 39.8 Å². The van der Waals surface area contributed by atoms with Crippen molar-refractivity contribution in [1.82, 2.24) is 9.80 Å². The maximum atomic E-state index is 13.8. The van der Waals surface area contributed by atoms with E-state index >= 15 is 0 Å². The summed E-state index contributed by atoms with van der Waals surface area (Å²) in [4.78, 5) is 27.6. The summed E-state index contributed by atoms with van der Waals surface area (Å²) in [6.45, 7) is 7.15. The van der Waals surface area contributed by atoms with Crippen LogP contribution in [0.3, 0.4) is 0 Å². The van der Waals surface area contributed by atoms with Gasteiger partial charge in [0.2, 0.25) is 0 Å². The molecule has 0 atom stereocenters. The van der Waals surface area contributed by atoms with Crippen molar-refractivity contribution in [3.8, 4) is 0 Å². The van der Waals surface area contributed by atoms with Crippen LogP contribution >= 0.6 is 0 Å². The Hall–Kier alpha value is -1.95. The number of ether oxygens (including phenoxy) is 1. The largest absolute Gasteiger partial charge is 0.469 e. The normalized spacial score (nSPS) is 10.7. The van der Waals surface area contributed by atoms with Crippen LogP contribution in [0.15, 0.2) is 24.3 Å². The lowest BCUT2D eigenvalue weighted by Crippen LogP contribution is -2.40. The number of benzene rings is 1. The summed E-state index contributed by atoms with van der Waals surface area (Å²) >= 11 is 0. The molecule has 0 radical (unpaired) electrons. The highest BCUT2D eigenvalue weighted by molar-refractivity contribution is 5.94. The molecule has 23 heavy (non-hydrogen) atoms. The van der Waals surface area contributed by atoms with E-state index in [1.165, 1.54) is 24.1 Å². The average molecular weight is 324 g/mol. The third-order valence-corrected chi connectivity index (χ3v) is 3.79. The highest BCUT2D eigenvalue weighted by Crippen LogP contribution is 2.11. The van der Waals surface area contributed by atoms with Crippen LogP contribution in [0.2, 0.25) is 0 Å². The van der Waals surface area contributed by atoms with E-state index in [1.54, 1.807) is 12.1 Å². The molecule has 0 aliphatic heterocycles. The van der Waals surface area contributed by atoms with Crippen LogP contribution < -0.4 is 0 Å². The van der Waals surface area contributed by atoms with Crippen LogP contribution in [0.1, 0.15) is 30.6 Å². The van der Waals surface area contributed by atoms with E-state index in [0.717, 1.165) is 13.1 Å². The van der Waals surface area contributed by atoms with E-state index in [0.29, 0.717) is 13.1 Å². The third kappa shape index (κ3) is 5.98. The van der Waals surface area contributed by atoms with Crippen LogP contribution in [-0.4, -0.2) is 61.5 Å². The van der Waals surface area contributed by atoms with Crippen LogP contribution in [0, 0.1) is 5.82 Å². The Balaban J connectivity index is 2.82. The summed E-state index contributed by atoms with van der Waals surface area (Å²) in [5.41, 5.74) is 0.0249. The lowest BCUT2D eigenvalue weighted by Gasteiger charge is -2.26. The quantitative estimate of drug-likeness (QED) is 0.653. The van der Waals surface area contributed by atoms with E-state index < -0.39 is 11.7 Å². The number of hydrogen-bond acceptors (Lipinski definition) is 4. The van der Waals surface area contributed by atoms with Crippen molar-refractivity contribution < 1.29 is 18.7 Å². The molecule has 0 heterocycles. The number of halogens is 1. The van der Waals surface area contributed by atoms with Gasteiger partial charge in [-0.15, -0.1) is 0 Å². The Labute approximate surface area is 137 Å². The van der Waals surface area contributed by atoms with Crippen molar-refractivity contribution in [2.45, 2.75) is 20.3 Å². The molecule has 0 spiro atoms. The number of amides is 1. The molecule has 0 N–H and O–H groups in total. The number of methoxy groups -OCH3 is 1. The SMILES string of the molecule is CCN(CC)CCN(CCC(=O)OC)C(=O)c1ccccc1F. The first kappa shape index (κ1) is 19.1. The Bertz CT molecular complexity index is 518. The van der Waals surface area contributed by atoms with Crippen LogP contribution in [-0.2, 0) is 9.53 Å². The van der Waals surface area contributed by atoms with E-state index in [9.17, 15) is 14.0 Å². The molecular weight excluding hydrogens is 299 g/mol. The van der Waals surface area contributed by atoms with Crippen molar-refractivity contribution in [1.29, 1.82) is 0 Å². The lowest BCUT2D eigenvalue weighted by atomic mass is 10.1. The van der Waals surface area contributed by atoms with Gasteiger partial charge in [-0.1, -0.05) is 26.0 Å². The van der Waals surface area contributed by atoms with Gasteiger partial charge in [0.15, 0.2) is 0 Å². The zero-order valence-electron chi connectivity index (χ0n) is 14.0. The van der Waals surface area contributed by atoms with Gasteiger partial charge in [0.1, 0.15) is 5.82 Å². The molecule has 0 fully saturated rings. The molecule has 0 saturated carbocycles. The molecule has 1 rings (SSSR count). The monoisotopic (exact) mass is 324 g/mol. The molecule has 0 aromatic heterocycles. The summed E-state index contributed by atoms with van der Waals surface area (Å²) < 4.78 is 18.5. The summed E-state index contributed by atoms with van der Waals surface area (Å²) in [6, 6.07) is 5.89. The summed E-state index contributed by atoms with van der Waals surface area (Å²) in [6.07, 6.45) is 0.0922. The van der Waals surface area contributed by atoms with E-state index in [2.05, 4.69) is 9.64 Å². The molecular formula is C17H25FN2O3. The van der Waals surface area contributed by atoms with Gasteiger partial charge in [0.05, 0.1) is 19.1 Å². The summed E-state index contributed by atoms with van der Waals surface area (Å²) in [7, 11) is 1.31. The molecule has 1 amide bonds. The average Bonchev–Trinajstić information content (AvgIpc) is 2.57. The topological polar surface area (TPSA) is 49.9 Å². The van der Waals surface area contributed by atoms with E-state index in [4.69, 9.17) is 0 Å². The van der Waals surface area contributed by atoms with Crippen LogP contribution in [0.25, 0.3) is 0 Å². The van der Waals surface area contributed by atoms with E-state index in [-0.39, 0.29) is 24.5 Å². The first-order valence-electron chi connectivity index (χ1n) is 7.86. The van der Waals surface area contributed by atoms with Gasteiger partial charge >= 0.3 is 5.97 Å². The number of carbonyl (C=O) groups excluding carboxylic acids is 2. The number of rotatable bonds is 9. The van der Waals surface area contributed by atoms with E-state index in [1.807, 2.05) is 13.8 Å². The highest BCUT2D eigenvalue weighted by Gasteiger charge is 2.20. The number of esters is 1. The third-order valence-electron chi connectivity index (χ3n) is 3.79. The minimum atomic E-state index is -0.552. The molecule has 0 aliphatic rings. The Kier molecular flexibility index (Phi) is 8.26. The lowest BCUT2D eigenvalue weighted by molar-refractivity contribution is -0.140. The predicted octanol–water partition coefficient (Wildman–Crippen LogP) is 2.17. The van der Waals surface area contributed by atoms with Crippen molar-refractivity contribution in [2.24, 2.45) is 0 Å². The molecule has 128 valence electrons. The number of carbonyl (C=O) groups is 2. The molecule has 1 aromatic rings. The minimum Gasteiger partial charge on any atom is -0.469 e. The number of likely N-dealkylation sites (N-methyl/N-ethyl adjacent to an activating group) is 1. The first-order chi connectivity index (χ1) is 11.0. The Morgan fingerprint density at radius 1 is 1.09 bits per heavy atom. The zero-order chi connectivity index (χ0) is 17.2. The molecule has 0 saturated heterocycles. The highest BCUT2D eigenvalue weighted by atomic mass is 19.1. The second-order valence-electron chi connectivity index (χ2n) is 5.13. The standard InChI is InChI=1S/C17H25FN2O3/c1-4-19(5-2)12-13-20(11-10-16(21)23-3)17(22)14-8-6-7-9-15(14)18/h6-9H,4-5,10-13H2,1-3H3. The van der Waals surface area contributed by atoms with Gasteiger partial charge in [-0.2, -0.15) is 0 Å². The van der Waals surface area contributed by atoms with Gasteiger partial charge in [-0.25, -0.2) is 4.39 Å². The fourth-order valence-electron chi connectivity index (χ4n) is 2.25. The molecule has 6 heteroatoms. The van der Waals surface area contributed by atoms with Crippen LogP contribution in [0.5, 0.6) is 0 Å². The van der Waals surface area contributed by atoms with Crippen molar-refractivity contribution >= 4 is 11.9 Å². The van der Waals surface area contributed by atoms with Gasteiger partial charge < -0.3 is 14.5 Å². The minimum absolute atomic E-state index is 0.0249. The van der Waals surface area contributed by atoms with Crippen molar-refractivity contribution in [3.63, 3.8) is 0 Å². The van der Waals surface area contributed by atoms with Gasteiger partial charge in [-0.3, -0.25) is 9.59 Å². The molecule has 0 unspecified atom stereocenters. The molecule has 0 bridgehead atoms. The van der Waals surface area contributed by atoms with Gasteiger partial charge in [0, 0.05) is 19.6 Å². The molecule has 1 aromatic carbocycles. The fourth-order valence-corrected chi connectivity index (χ4v) is 2.25. The van der Waals surface area contributed by atoms with Crippen molar-refractivity contribution in [3.05, 3.63) is 35.6 Å². The predicted molar refractivity (Wildman–Crippen MR) is 86.7 cm³/mol. The maximum Gasteiger partial charge on any atom is 0.307 e. The van der Waals surface area contributed by atoms with Gasteiger partial charge in [0.25, 0.3) is 5.91 Å². The summed E-state index contributed by atoms with van der Waals surface area (Å²) in [5, 5.41) is 0. The fraction of sp³-hybridized carbons (Fsp3) is 0.529. The van der Waals surface area contributed by atoms with Crippen LogP contribution in [0.4, 0.5) is 4.39 Å².